The third kappa shape index (κ3) is 4.97. The summed E-state index contributed by atoms with van der Waals surface area (Å²) < 4.78 is 21.1. The molecule has 3 rings (SSSR count). The maximum absolute atomic E-state index is 12.6. The lowest BCUT2D eigenvalue weighted by Crippen LogP contribution is -2.14. The lowest BCUT2D eigenvalue weighted by Gasteiger charge is -2.14. The third-order valence-electron chi connectivity index (χ3n) is 4.71. The van der Waals surface area contributed by atoms with Gasteiger partial charge in [-0.2, -0.15) is 0 Å². The number of carbonyl (C=O) groups is 1. The second kappa shape index (κ2) is 9.53. The Bertz CT molecular complexity index is 1150. The van der Waals surface area contributed by atoms with Crippen LogP contribution in [-0.2, 0) is 14.3 Å². The van der Waals surface area contributed by atoms with E-state index in [4.69, 9.17) is 18.6 Å². The Kier molecular flexibility index (Phi) is 6.81. The fourth-order valence-electron chi connectivity index (χ4n) is 3.27. The number of benzene rings is 2. The molecule has 3 aromatic rings. The van der Waals surface area contributed by atoms with Gasteiger partial charge in [0.05, 0.1) is 13.2 Å². The van der Waals surface area contributed by atoms with E-state index in [0.717, 1.165) is 0 Å². The summed E-state index contributed by atoms with van der Waals surface area (Å²) in [5.41, 5.74) is 0.822. The molecule has 1 unspecified atom stereocenters. The van der Waals surface area contributed by atoms with Crippen LogP contribution in [0, 0.1) is 0 Å². The Morgan fingerprint density at radius 1 is 1.13 bits per heavy atom. The second-order valence-corrected chi connectivity index (χ2v) is 7.01. The molecule has 0 bridgehead atoms. The number of rotatable bonds is 8. The molecule has 0 amide bonds. The molecule has 0 aliphatic rings. The summed E-state index contributed by atoms with van der Waals surface area (Å²) in [6.07, 6.45) is 0. The van der Waals surface area contributed by atoms with Crippen LogP contribution in [0.15, 0.2) is 45.6 Å². The van der Waals surface area contributed by atoms with Gasteiger partial charge < -0.3 is 28.8 Å². The Labute approximate surface area is 178 Å². The minimum atomic E-state index is -0.560. The van der Waals surface area contributed by atoms with Gasteiger partial charge in [0.25, 0.3) is 0 Å². The highest BCUT2D eigenvalue weighted by molar-refractivity contribution is 5.86. The third-order valence-corrected chi connectivity index (χ3v) is 4.71. The van der Waals surface area contributed by atoms with Crippen LogP contribution in [-0.4, -0.2) is 43.1 Å². The van der Waals surface area contributed by atoms with Crippen LogP contribution in [0.3, 0.4) is 0 Å². The molecule has 2 aromatic carbocycles. The van der Waals surface area contributed by atoms with Gasteiger partial charge in [-0.3, -0.25) is 4.79 Å². The van der Waals surface area contributed by atoms with E-state index >= 15 is 0 Å². The number of esters is 1. The summed E-state index contributed by atoms with van der Waals surface area (Å²) in [5, 5.41) is 20.6. The van der Waals surface area contributed by atoms with Gasteiger partial charge in [-0.05, 0) is 18.6 Å². The molecule has 0 aliphatic carbocycles. The van der Waals surface area contributed by atoms with Gasteiger partial charge >= 0.3 is 5.97 Å². The zero-order valence-electron chi connectivity index (χ0n) is 17.5. The van der Waals surface area contributed by atoms with Crippen molar-refractivity contribution in [1.82, 2.24) is 0 Å². The van der Waals surface area contributed by atoms with Gasteiger partial charge in [-0.25, -0.2) is 4.79 Å². The highest BCUT2D eigenvalue weighted by Gasteiger charge is 2.16. The van der Waals surface area contributed by atoms with Crippen molar-refractivity contribution >= 4 is 16.9 Å². The molecule has 8 heteroatoms. The molecule has 164 valence electrons. The first-order valence-electron chi connectivity index (χ1n) is 9.75. The zero-order chi connectivity index (χ0) is 22.5. The lowest BCUT2D eigenvalue weighted by atomic mass is 9.98. The van der Waals surface area contributed by atoms with Crippen molar-refractivity contribution < 1.29 is 33.6 Å². The monoisotopic (exact) mass is 428 g/mol. The van der Waals surface area contributed by atoms with Crippen LogP contribution >= 0.6 is 0 Å². The lowest BCUT2D eigenvalue weighted by molar-refractivity contribution is -0.145. The molecule has 1 aromatic heterocycles. The molecule has 0 radical (unpaired) electrons. The predicted molar refractivity (Wildman–Crippen MR) is 114 cm³/mol. The molecule has 0 aliphatic heterocycles. The van der Waals surface area contributed by atoms with Crippen molar-refractivity contribution in [3.8, 4) is 28.6 Å². The standard InChI is InChI=1S/C23H24O8/c1-4-29-22(27)12-30-15-8-18(25)23-19(26)10-20(31-21(23)9-15)14-5-6-16(17(24)7-14)13(2)11-28-3/h5-10,13,24-25H,4,11-12H2,1-3H3. The Morgan fingerprint density at radius 3 is 2.58 bits per heavy atom. The van der Waals surface area contributed by atoms with E-state index in [2.05, 4.69) is 0 Å². The summed E-state index contributed by atoms with van der Waals surface area (Å²) in [5.74, 6) is -0.498. The maximum atomic E-state index is 12.6. The van der Waals surface area contributed by atoms with Crippen molar-refractivity contribution in [3.05, 3.63) is 52.2 Å². The minimum absolute atomic E-state index is 0.0122. The number of phenolic OH excluding ortho intramolecular Hbond substituents is 2. The number of phenols is 2. The Balaban J connectivity index is 1.98. The predicted octanol–water partition coefficient (Wildman–Crippen LogP) is 3.56. The first-order chi connectivity index (χ1) is 14.8. The molecule has 8 nitrogen and oxygen atoms in total. The number of fused-ring (bicyclic) bond motifs is 1. The zero-order valence-corrected chi connectivity index (χ0v) is 17.5. The normalized spacial score (nSPS) is 12.0. The van der Waals surface area contributed by atoms with Gasteiger partial charge in [0, 0.05) is 36.8 Å². The molecule has 2 N–H and O–H groups in total. The SMILES string of the molecule is CCOC(=O)COc1cc(O)c2c(=O)cc(-c3ccc(C(C)COC)c(O)c3)oc2c1. The van der Waals surface area contributed by atoms with E-state index in [1.807, 2.05) is 6.92 Å². The van der Waals surface area contributed by atoms with Gasteiger partial charge in [-0.15, -0.1) is 0 Å². The van der Waals surface area contributed by atoms with Crippen LogP contribution < -0.4 is 10.2 Å². The molecule has 1 heterocycles. The number of carbonyl (C=O) groups excluding carboxylic acids is 1. The number of hydrogen-bond donors (Lipinski definition) is 2. The average Bonchev–Trinajstić information content (AvgIpc) is 2.72. The summed E-state index contributed by atoms with van der Waals surface area (Å²) >= 11 is 0. The van der Waals surface area contributed by atoms with E-state index < -0.39 is 11.4 Å². The maximum Gasteiger partial charge on any atom is 0.344 e. The highest BCUT2D eigenvalue weighted by Crippen LogP contribution is 2.34. The van der Waals surface area contributed by atoms with E-state index in [9.17, 15) is 19.8 Å². The minimum Gasteiger partial charge on any atom is -0.508 e. The van der Waals surface area contributed by atoms with E-state index in [-0.39, 0.29) is 53.1 Å². The average molecular weight is 428 g/mol. The number of hydrogen-bond acceptors (Lipinski definition) is 8. The van der Waals surface area contributed by atoms with Crippen LogP contribution in [0.1, 0.15) is 25.3 Å². The van der Waals surface area contributed by atoms with Gasteiger partial charge in [0.1, 0.15) is 34.0 Å². The van der Waals surface area contributed by atoms with Crippen LogP contribution in [0.4, 0.5) is 0 Å². The summed E-state index contributed by atoms with van der Waals surface area (Å²) in [6, 6.07) is 8.87. The largest absolute Gasteiger partial charge is 0.508 e. The van der Waals surface area contributed by atoms with Crippen LogP contribution in [0.5, 0.6) is 17.2 Å². The van der Waals surface area contributed by atoms with Crippen LogP contribution in [0.2, 0.25) is 0 Å². The first kappa shape index (κ1) is 22.2. The summed E-state index contributed by atoms with van der Waals surface area (Å²) in [4.78, 5) is 24.1. The highest BCUT2D eigenvalue weighted by atomic mass is 16.6. The van der Waals surface area contributed by atoms with Gasteiger partial charge in [-0.1, -0.05) is 19.1 Å². The topological polar surface area (TPSA) is 115 Å². The first-order valence-corrected chi connectivity index (χ1v) is 9.75. The fraction of sp³-hybridized carbons (Fsp3) is 0.304. The van der Waals surface area contributed by atoms with E-state index in [1.165, 1.54) is 24.3 Å². The number of aromatic hydroxyl groups is 2. The quantitative estimate of drug-likeness (QED) is 0.523. The Morgan fingerprint density at radius 2 is 1.90 bits per heavy atom. The molecule has 0 saturated carbocycles. The molecule has 31 heavy (non-hydrogen) atoms. The molecular weight excluding hydrogens is 404 g/mol. The summed E-state index contributed by atoms with van der Waals surface area (Å²) in [6.45, 7) is 3.93. The second-order valence-electron chi connectivity index (χ2n) is 7.01. The molecule has 0 saturated heterocycles. The van der Waals surface area contributed by atoms with Gasteiger partial charge in [0.15, 0.2) is 12.0 Å². The van der Waals surface area contributed by atoms with Crippen molar-refractivity contribution in [2.75, 3.05) is 26.9 Å². The summed E-state index contributed by atoms with van der Waals surface area (Å²) in [7, 11) is 1.59. The van der Waals surface area contributed by atoms with Crippen molar-refractivity contribution in [3.63, 3.8) is 0 Å². The molecule has 0 fully saturated rings. The smallest absolute Gasteiger partial charge is 0.344 e. The van der Waals surface area contributed by atoms with E-state index in [0.29, 0.717) is 17.7 Å². The number of ether oxygens (including phenoxy) is 3. The van der Waals surface area contributed by atoms with Crippen molar-refractivity contribution in [1.29, 1.82) is 0 Å². The van der Waals surface area contributed by atoms with Gasteiger partial charge in [0.2, 0.25) is 0 Å². The van der Waals surface area contributed by atoms with E-state index in [1.54, 1.807) is 26.2 Å². The Hall–Kier alpha value is -3.52. The van der Waals surface area contributed by atoms with Crippen molar-refractivity contribution in [2.45, 2.75) is 19.8 Å². The molecular formula is C23H24O8. The molecule has 0 spiro atoms. The van der Waals surface area contributed by atoms with Crippen LogP contribution in [0.25, 0.3) is 22.3 Å². The number of methoxy groups -OCH3 is 1. The fourth-order valence-corrected chi connectivity index (χ4v) is 3.27. The van der Waals surface area contributed by atoms with Crippen molar-refractivity contribution in [2.24, 2.45) is 0 Å². The molecule has 1 atom stereocenters.